The molecule has 0 radical (unpaired) electrons. The molecule has 0 aromatic carbocycles. The number of morpholine rings is 1. The average molecular weight is 265 g/mol. The molecule has 2 unspecified atom stereocenters. The van der Waals surface area contributed by atoms with Gasteiger partial charge in [-0.05, 0) is 31.0 Å². The lowest BCUT2D eigenvalue weighted by atomic mass is 10.2. The van der Waals surface area contributed by atoms with E-state index in [9.17, 15) is 4.39 Å². The monoisotopic (exact) mass is 265 g/mol. The normalized spacial score (nSPS) is 27.4. The number of fused-ring (bicyclic) bond motifs is 1. The van der Waals surface area contributed by atoms with E-state index in [1.54, 1.807) is 6.20 Å². The Morgan fingerprint density at radius 3 is 3.32 bits per heavy atom. The lowest BCUT2D eigenvalue weighted by Crippen LogP contribution is -2.49. The molecule has 0 saturated carbocycles. The van der Waals surface area contributed by atoms with Gasteiger partial charge in [0.25, 0.3) is 0 Å². The second-order valence-corrected chi connectivity index (χ2v) is 5.39. The molecule has 1 N–H and O–H groups in total. The van der Waals surface area contributed by atoms with Gasteiger partial charge in [0, 0.05) is 31.9 Å². The van der Waals surface area contributed by atoms with Gasteiger partial charge in [-0.15, -0.1) is 0 Å². The maximum atomic E-state index is 13.0. The van der Waals surface area contributed by atoms with Gasteiger partial charge in [0.05, 0.1) is 18.9 Å². The van der Waals surface area contributed by atoms with E-state index in [0.717, 1.165) is 25.3 Å². The highest BCUT2D eigenvalue weighted by molar-refractivity contribution is 5.09. The Morgan fingerprint density at radius 2 is 2.42 bits per heavy atom. The Balaban J connectivity index is 1.43. The summed E-state index contributed by atoms with van der Waals surface area (Å²) in [5.41, 5.74) is 0.870. The molecule has 0 bridgehead atoms. The van der Waals surface area contributed by atoms with Crippen LogP contribution in [0.3, 0.4) is 0 Å². The summed E-state index contributed by atoms with van der Waals surface area (Å²) in [4.78, 5) is 6.37. The molecule has 104 valence electrons. The molecule has 19 heavy (non-hydrogen) atoms. The van der Waals surface area contributed by atoms with Gasteiger partial charge in [-0.3, -0.25) is 9.88 Å². The first kappa shape index (κ1) is 13.0. The molecule has 0 amide bonds. The molecular weight excluding hydrogens is 245 g/mol. The molecule has 2 aliphatic heterocycles. The number of ether oxygens (including phenoxy) is 1. The molecular formula is C14H20FN3O. The third kappa shape index (κ3) is 3.29. The minimum absolute atomic E-state index is 0.246. The lowest BCUT2D eigenvalue weighted by molar-refractivity contribution is -0.0470. The topological polar surface area (TPSA) is 37.4 Å². The quantitative estimate of drug-likeness (QED) is 0.887. The van der Waals surface area contributed by atoms with Gasteiger partial charge in [0.1, 0.15) is 5.82 Å². The third-order valence-corrected chi connectivity index (χ3v) is 3.92. The summed E-state index contributed by atoms with van der Waals surface area (Å²) >= 11 is 0. The largest absolute Gasteiger partial charge is 0.374 e. The summed E-state index contributed by atoms with van der Waals surface area (Å²) in [6, 6.07) is 2.15. The first-order valence-electron chi connectivity index (χ1n) is 6.97. The number of pyridine rings is 1. The predicted molar refractivity (Wildman–Crippen MR) is 70.2 cm³/mol. The SMILES string of the molecule is Fc1cncc(CNCC2CN3CCCC3CO2)c1. The third-order valence-electron chi connectivity index (χ3n) is 3.92. The van der Waals surface area contributed by atoms with Crippen molar-refractivity contribution in [2.24, 2.45) is 0 Å². The van der Waals surface area contributed by atoms with Crippen molar-refractivity contribution in [3.05, 3.63) is 29.8 Å². The summed E-state index contributed by atoms with van der Waals surface area (Å²) in [6.07, 6.45) is 5.73. The van der Waals surface area contributed by atoms with Crippen LogP contribution in [0.4, 0.5) is 4.39 Å². The smallest absolute Gasteiger partial charge is 0.141 e. The predicted octanol–water partition coefficient (Wildman–Crippen LogP) is 1.17. The molecule has 3 rings (SSSR count). The Morgan fingerprint density at radius 1 is 1.47 bits per heavy atom. The van der Waals surface area contributed by atoms with Crippen molar-refractivity contribution in [3.63, 3.8) is 0 Å². The van der Waals surface area contributed by atoms with E-state index >= 15 is 0 Å². The van der Waals surface area contributed by atoms with Crippen LogP contribution in [-0.2, 0) is 11.3 Å². The fourth-order valence-corrected chi connectivity index (χ4v) is 2.94. The van der Waals surface area contributed by atoms with E-state index in [2.05, 4.69) is 15.2 Å². The van der Waals surface area contributed by atoms with Gasteiger partial charge >= 0.3 is 0 Å². The minimum Gasteiger partial charge on any atom is -0.374 e. The molecule has 2 atom stereocenters. The van der Waals surface area contributed by atoms with E-state index in [0.29, 0.717) is 12.6 Å². The number of halogens is 1. The van der Waals surface area contributed by atoms with Crippen LogP contribution in [0, 0.1) is 5.82 Å². The van der Waals surface area contributed by atoms with Gasteiger partial charge in [0.15, 0.2) is 0 Å². The average Bonchev–Trinajstić information content (AvgIpc) is 2.86. The number of nitrogens with one attached hydrogen (secondary N) is 1. The van der Waals surface area contributed by atoms with Crippen LogP contribution in [-0.4, -0.2) is 48.3 Å². The number of hydrogen-bond donors (Lipinski definition) is 1. The second-order valence-electron chi connectivity index (χ2n) is 5.39. The van der Waals surface area contributed by atoms with Crippen LogP contribution in [0.1, 0.15) is 18.4 Å². The van der Waals surface area contributed by atoms with Gasteiger partial charge < -0.3 is 10.1 Å². The summed E-state index contributed by atoms with van der Waals surface area (Å²) in [6.45, 7) is 4.51. The zero-order chi connectivity index (χ0) is 13.1. The van der Waals surface area contributed by atoms with E-state index in [1.165, 1.54) is 31.6 Å². The van der Waals surface area contributed by atoms with Crippen LogP contribution >= 0.6 is 0 Å². The van der Waals surface area contributed by atoms with Crippen molar-refractivity contribution in [2.75, 3.05) is 26.2 Å². The van der Waals surface area contributed by atoms with Gasteiger partial charge in [-0.2, -0.15) is 0 Å². The van der Waals surface area contributed by atoms with Crippen molar-refractivity contribution in [1.82, 2.24) is 15.2 Å². The fraction of sp³-hybridized carbons (Fsp3) is 0.643. The number of rotatable bonds is 4. The molecule has 3 heterocycles. The molecule has 2 aliphatic rings. The highest BCUT2D eigenvalue weighted by Gasteiger charge is 2.31. The zero-order valence-corrected chi connectivity index (χ0v) is 11.0. The first-order valence-corrected chi connectivity index (χ1v) is 6.97. The zero-order valence-electron chi connectivity index (χ0n) is 11.0. The van der Waals surface area contributed by atoms with E-state index in [-0.39, 0.29) is 11.9 Å². The lowest BCUT2D eigenvalue weighted by Gasteiger charge is -2.35. The summed E-state index contributed by atoms with van der Waals surface area (Å²) < 4.78 is 18.8. The van der Waals surface area contributed by atoms with Gasteiger partial charge in [-0.1, -0.05) is 0 Å². The van der Waals surface area contributed by atoms with Crippen molar-refractivity contribution in [3.8, 4) is 0 Å². The van der Waals surface area contributed by atoms with Crippen LogP contribution < -0.4 is 5.32 Å². The number of hydrogen-bond acceptors (Lipinski definition) is 4. The fourth-order valence-electron chi connectivity index (χ4n) is 2.94. The maximum Gasteiger partial charge on any atom is 0.141 e. The van der Waals surface area contributed by atoms with E-state index in [1.807, 2.05) is 0 Å². The molecule has 0 aliphatic carbocycles. The Kier molecular flexibility index (Phi) is 4.06. The van der Waals surface area contributed by atoms with Gasteiger partial charge in [-0.25, -0.2) is 4.39 Å². The molecule has 2 fully saturated rings. The van der Waals surface area contributed by atoms with Gasteiger partial charge in [0.2, 0.25) is 0 Å². The Bertz CT molecular complexity index is 429. The number of nitrogens with zero attached hydrogens (tertiary/aromatic N) is 2. The van der Waals surface area contributed by atoms with Crippen LogP contribution in [0.2, 0.25) is 0 Å². The summed E-state index contributed by atoms with van der Waals surface area (Å²) in [5, 5.41) is 3.32. The number of aromatic nitrogens is 1. The van der Waals surface area contributed by atoms with Crippen molar-refractivity contribution >= 4 is 0 Å². The van der Waals surface area contributed by atoms with Crippen molar-refractivity contribution in [2.45, 2.75) is 31.5 Å². The second kappa shape index (κ2) is 5.94. The molecule has 1 aromatic rings. The first-order chi connectivity index (χ1) is 9.31. The minimum atomic E-state index is -0.284. The van der Waals surface area contributed by atoms with Crippen molar-refractivity contribution in [1.29, 1.82) is 0 Å². The maximum absolute atomic E-state index is 13.0. The summed E-state index contributed by atoms with van der Waals surface area (Å²) in [7, 11) is 0. The molecule has 2 saturated heterocycles. The van der Waals surface area contributed by atoms with Crippen molar-refractivity contribution < 1.29 is 9.13 Å². The highest BCUT2D eigenvalue weighted by Crippen LogP contribution is 2.22. The Hall–Kier alpha value is -1.04. The van der Waals surface area contributed by atoms with Crippen LogP contribution in [0.25, 0.3) is 0 Å². The van der Waals surface area contributed by atoms with E-state index < -0.39 is 0 Å². The van der Waals surface area contributed by atoms with E-state index in [4.69, 9.17) is 4.74 Å². The van der Waals surface area contributed by atoms with Crippen LogP contribution in [0.15, 0.2) is 18.5 Å². The molecule has 1 aromatic heterocycles. The highest BCUT2D eigenvalue weighted by atomic mass is 19.1. The molecule has 0 spiro atoms. The summed E-state index contributed by atoms with van der Waals surface area (Å²) in [5.74, 6) is -0.284. The standard InChI is InChI=1S/C14H20FN3O/c15-12-4-11(5-16-7-12)6-17-8-14-9-18-3-1-2-13(18)10-19-14/h4-5,7,13-14,17H,1-3,6,8-10H2. The molecule has 5 heteroatoms. The Labute approximate surface area is 113 Å². The molecule has 4 nitrogen and oxygen atoms in total. The van der Waals surface area contributed by atoms with Crippen LogP contribution in [0.5, 0.6) is 0 Å².